The van der Waals surface area contributed by atoms with Crippen molar-refractivity contribution in [2.45, 2.75) is 74.1 Å². The molecule has 1 aliphatic rings. The minimum atomic E-state index is 0.382. The van der Waals surface area contributed by atoms with Gasteiger partial charge in [-0.3, -0.25) is 9.79 Å². The summed E-state index contributed by atoms with van der Waals surface area (Å²) in [6, 6.07) is 3.99. The number of nitrogens with zero attached hydrogens (tertiary/aromatic N) is 1. The first kappa shape index (κ1) is 25.9. The zero-order valence-electron chi connectivity index (χ0n) is 19.5. The molecule has 1 saturated carbocycles. The van der Waals surface area contributed by atoms with Crippen LogP contribution >= 0.6 is 11.9 Å². The number of allylic oxidation sites excluding steroid dienone is 5. The molecular formula is C26H36ClNO2. The summed E-state index contributed by atoms with van der Waals surface area (Å²) in [7, 11) is 0. The third kappa shape index (κ3) is 7.28. The number of carbonyl (C=O) groups is 1. The summed E-state index contributed by atoms with van der Waals surface area (Å²) in [5, 5.41) is 0. The van der Waals surface area contributed by atoms with E-state index in [9.17, 15) is 4.79 Å². The lowest BCUT2D eigenvalue weighted by atomic mass is 9.82. The van der Waals surface area contributed by atoms with Crippen molar-refractivity contribution in [3.63, 3.8) is 0 Å². The van der Waals surface area contributed by atoms with E-state index in [1.165, 1.54) is 5.57 Å². The first-order valence-corrected chi connectivity index (χ1v) is 11.2. The Morgan fingerprint density at radius 2 is 1.77 bits per heavy atom. The van der Waals surface area contributed by atoms with Gasteiger partial charge in [-0.25, -0.2) is 0 Å². The monoisotopic (exact) mass is 429 g/mol. The van der Waals surface area contributed by atoms with Crippen LogP contribution in [0.25, 0.3) is 5.70 Å². The van der Waals surface area contributed by atoms with Gasteiger partial charge in [0.25, 0.3) is 0 Å². The molecule has 0 unspecified atom stereocenters. The van der Waals surface area contributed by atoms with Crippen LogP contribution in [0.4, 0.5) is 0 Å². The van der Waals surface area contributed by atoms with Crippen LogP contribution in [-0.4, -0.2) is 11.5 Å². The second-order valence-electron chi connectivity index (χ2n) is 7.39. The van der Waals surface area contributed by atoms with Gasteiger partial charge in [0.15, 0.2) is 0 Å². The van der Waals surface area contributed by atoms with Crippen LogP contribution in [0.1, 0.15) is 77.0 Å². The summed E-state index contributed by atoms with van der Waals surface area (Å²) in [6.07, 6.45) is 11.6. The van der Waals surface area contributed by atoms with Crippen molar-refractivity contribution >= 4 is 29.1 Å². The van der Waals surface area contributed by atoms with Crippen LogP contribution in [0.15, 0.2) is 47.0 Å². The minimum absolute atomic E-state index is 0.382. The smallest absolute Gasteiger partial charge is 0.149 e. The molecule has 30 heavy (non-hydrogen) atoms. The molecule has 0 bridgehead atoms. The highest BCUT2D eigenvalue weighted by atomic mass is 35.5. The number of hydrogen-bond donors (Lipinski definition) is 0. The molecule has 0 radical (unpaired) electrons. The van der Waals surface area contributed by atoms with Crippen molar-refractivity contribution in [1.82, 2.24) is 0 Å². The summed E-state index contributed by atoms with van der Waals surface area (Å²) in [5.41, 5.74) is 6.24. The van der Waals surface area contributed by atoms with E-state index in [1.54, 1.807) is 0 Å². The van der Waals surface area contributed by atoms with Crippen molar-refractivity contribution in [1.29, 1.82) is 0 Å². The molecule has 164 valence electrons. The minimum Gasteiger partial charge on any atom is -0.385 e. The maximum Gasteiger partial charge on any atom is 0.149 e. The number of carbonyl (C=O) groups excluding carboxylic acids is 1. The molecule has 0 amide bonds. The summed E-state index contributed by atoms with van der Waals surface area (Å²) in [4.78, 5) is 16.5. The van der Waals surface area contributed by atoms with Crippen LogP contribution in [0, 0.1) is 19.8 Å². The average molecular weight is 430 g/mol. The van der Waals surface area contributed by atoms with Gasteiger partial charge < -0.3 is 4.29 Å². The van der Waals surface area contributed by atoms with E-state index in [2.05, 4.69) is 24.3 Å². The number of aliphatic imine (C=N–C) groups is 1. The Hall–Kier alpha value is -2.13. The Kier molecular flexibility index (Phi) is 11.4. The van der Waals surface area contributed by atoms with E-state index < -0.39 is 0 Å². The van der Waals surface area contributed by atoms with Gasteiger partial charge in [-0.1, -0.05) is 32.1 Å². The Balaban J connectivity index is 0.00000218. The van der Waals surface area contributed by atoms with Gasteiger partial charge in [0, 0.05) is 24.1 Å². The fraction of sp³-hybridized carbons (Fsp3) is 0.462. The normalized spacial score (nSPS) is 16.5. The molecule has 1 fully saturated rings. The number of hydrogen-bond acceptors (Lipinski definition) is 3. The Morgan fingerprint density at radius 3 is 2.30 bits per heavy atom. The zero-order valence-corrected chi connectivity index (χ0v) is 20.3. The molecule has 3 nitrogen and oxygen atoms in total. The van der Waals surface area contributed by atoms with Crippen LogP contribution in [-0.2, 0) is 4.79 Å². The van der Waals surface area contributed by atoms with Crippen LogP contribution < -0.4 is 4.29 Å². The van der Waals surface area contributed by atoms with E-state index in [-0.39, 0.29) is 0 Å². The van der Waals surface area contributed by atoms with Crippen molar-refractivity contribution < 1.29 is 9.08 Å². The number of halogens is 1. The van der Waals surface area contributed by atoms with E-state index in [0.717, 1.165) is 40.9 Å². The number of ketones is 1. The second-order valence-corrected chi connectivity index (χ2v) is 7.55. The molecule has 2 rings (SSSR count). The molecule has 1 aromatic carbocycles. The van der Waals surface area contributed by atoms with Gasteiger partial charge in [-0.15, -0.1) is 0 Å². The lowest BCUT2D eigenvalue weighted by molar-refractivity contribution is -0.120. The Morgan fingerprint density at radius 1 is 1.13 bits per heavy atom. The third-order valence-corrected chi connectivity index (χ3v) is 5.37. The summed E-state index contributed by atoms with van der Waals surface area (Å²) >= 11 is 5.55. The SMILES string of the molecule is CC.C\C=C/C(=C\C(C)=N\C(=C/C)c1cc(C)c(OCl)cc1C)C1CCC(=O)CC1. The molecule has 0 atom stereocenters. The molecule has 4 heteroatoms. The van der Waals surface area contributed by atoms with Gasteiger partial charge in [0.2, 0.25) is 0 Å². The maximum absolute atomic E-state index is 11.6. The van der Waals surface area contributed by atoms with Gasteiger partial charge in [0.1, 0.15) is 23.4 Å². The van der Waals surface area contributed by atoms with Crippen LogP contribution in [0.5, 0.6) is 5.75 Å². The number of Topliss-reactive ketones (excluding diaryl/α,β-unsaturated/α-hetero) is 1. The highest BCUT2D eigenvalue weighted by molar-refractivity contribution is 6.09. The molecule has 0 N–H and O–H groups in total. The summed E-state index contributed by atoms with van der Waals surface area (Å²) in [6.45, 7) is 14.1. The number of benzene rings is 1. The molecule has 0 saturated heterocycles. The van der Waals surface area contributed by atoms with Crippen LogP contribution in [0.3, 0.4) is 0 Å². The predicted molar refractivity (Wildman–Crippen MR) is 130 cm³/mol. The molecular weight excluding hydrogens is 394 g/mol. The lowest BCUT2D eigenvalue weighted by Gasteiger charge is -2.22. The van der Waals surface area contributed by atoms with Crippen molar-refractivity contribution in [2.24, 2.45) is 10.9 Å². The fourth-order valence-electron chi connectivity index (χ4n) is 3.66. The molecule has 0 aromatic heterocycles. The van der Waals surface area contributed by atoms with Gasteiger partial charge in [-0.05, 0) is 88.3 Å². The topological polar surface area (TPSA) is 38.7 Å². The van der Waals surface area contributed by atoms with Gasteiger partial charge in [-0.2, -0.15) is 0 Å². The third-order valence-electron chi connectivity index (χ3n) is 5.20. The van der Waals surface area contributed by atoms with Crippen molar-refractivity contribution in [3.8, 4) is 5.75 Å². The average Bonchev–Trinajstić information content (AvgIpc) is 2.75. The van der Waals surface area contributed by atoms with E-state index in [1.807, 2.05) is 60.6 Å². The van der Waals surface area contributed by atoms with Gasteiger partial charge >= 0.3 is 0 Å². The molecule has 0 aliphatic heterocycles. The molecule has 1 aromatic rings. The van der Waals surface area contributed by atoms with Gasteiger partial charge in [0.05, 0.1) is 5.70 Å². The highest BCUT2D eigenvalue weighted by Gasteiger charge is 2.20. The van der Waals surface area contributed by atoms with Crippen molar-refractivity contribution in [2.75, 3.05) is 0 Å². The van der Waals surface area contributed by atoms with E-state index in [4.69, 9.17) is 21.1 Å². The largest absolute Gasteiger partial charge is 0.385 e. The quantitative estimate of drug-likeness (QED) is 0.340. The Bertz CT molecular complexity index is 837. The molecule has 1 aliphatic carbocycles. The first-order valence-electron chi connectivity index (χ1n) is 10.9. The Labute approximate surface area is 187 Å². The number of aryl methyl sites for hydroxylation is 2. The standard InChI is InChI=1S/C24H30ClNO2.C2H6/c1-6-8-20(19-9-11-21(27)12-10-19)15-18(5)26-23(7-2)22-13-17(4)24(28-25)14-16(22)3;1-2/h6-8,13-15,19H,9-12H2,1-5H3;1-2H3/b8-6-,20-15+,23-7-,26-18+;. The summed E-state index contributed by atoms with van der Waals surface area (Å²) in [5.74, 6) is 1.48. The number of rotatable bonds is 6. The van der Waals surface area contributed by atoms with Crippen molar-refractivity contribution in [3.05, 3.63) is 58.7 Å². The predicted octanol–water partition coefficient (Wildman–Crippen LogP) is 7.95. The van der Waals surface area contributed by atoms with Crippen LogP contribution in [0.2, 0.25) is 0 Å². The lowest BCUT2D eigenvalue weighted by Crippen LogP contribution is -2.15. The fourth-order valence-corrected chi connectivity index (χ4v) is 3.83. The van der Waals surface area contributed by atoms with E-state index >= 15 is 0 Å². The highest BCUT2D eigenvalue weighted by Crippen LogP contribution is 2.31. The molecule has 0 spiro atoms. The maximum atomic E-state index is 11.6. The second kappa shape index (κ2) is 13.2. The first-order chi connectivity index (χ1) is 14.4. The molecule has 0 heterocycles. The van der Waals surface area contributed by atoms with E-state index in [0.29, 0.717) is 30.3 Å². The zero-order chi connectivity index (χ0) is 22.7. The summed E-state index contributed by atoms with van der Waals surface area (Å²) < 4.78 is 4.91.